The number of anilines is 2. The molecule has 37 heavy (non-hydrogen) atoms. The summed E-state index contributed by atoms with van der Waals surface area (Å²) in [6, 6.07) is 15.6. The molecular weight excluding hydrogens is 464 g/mol. The SMILES string of the molecule is CN(Cc1ccccc1)C(=O)c1cc(NC(=O)C2CCC2)ccc1N1CCN(C(=O)C2CCCC2)CC1. The third-order valence-electron chi connectivity index (χ3n) is 8.22. The minimum atomic E-state index is -0.0805. The van der Waals surface area contributed by atoms with E-state index in [1.807, 2.05) is 60.5 Å². The number of nitrogens with zero attached hydrogens (tertiary/aromatic N) is 3. The Balaban J connectivity index is 1.33. The van der Waals surface area contributed by atoms with Crippen molar-refractivity contribution in [1.29, 1.82) is 0 Å². The zero-order valence-electron chi connectivity index (χ0n) is 21.8. The molecule has 2 aromatic carbocycles. The lowest BCUT2D eigenvalue weighted by atomic mass is 9.85. The van der Waals surface area contributed by atoms with Crippen LogP contribution in [0.25, 0.3) is 0 Å². The van der Waals surface area contributed by atoms with Gasteiger partial charge in [-0.25, -0.2) is 0 Å². The number of carbonyl (C=O) groups is 3. The average molecular weight is 503 g/mol. The molecule has 1 aliphatic heterocycles. The predicted octanol–water partition coefficient (Wildman–Crippen LogP) is 4.54. The minimum Gasteiger partial charge on any atom is -0.367 e. The van der Waals surface area contributed by atoms with Gasteiger partial charge in [-0.2, -0.15) is 0 Å². The first-order valence-corrected chi connectivity index (χ1v) is 13.8. The minimum absolute atomic E-state index is 0.0362. The van der Waals surface area contributed by atoms with Gasteiger partial charge in [0.25, 0.3) is 5.91 Å². The Morgan fingerprint density at radius 3 is 2.19 bits per heavy atom. The largest absolute Gasteiger partial charge is 0.367 e. The van der Waals surface area contributed by atoms with Gasteiger partial charge in [0.1, 0.15) is 0 Å². The molecule has 0 spiro atoms. The van der Waals surface area contributed by atoms with Gasteiger partial charge in [0.2, 0.25) is 11.8 Å². The molecule has 1 N–H and O–H groups in total. The molecule has 7 heteroatoms. The van der Waals surface area contributed by atoms with Crippen molar-refractivity contribution in [2.75, 3.05) is 43.4 Å². The molecule has 3 amide bonds. The maximum absolute atomic E-state index is 13.7. The van der Waals surface area contributed by atoms with Gasteiger partial charge in [0.05, 0.1) is 5.56 Å². The van der Waals surface area contributed by atoms with Crippen LogP contribution >= 0.6 is 0 Å². The lowest BCUT2D eigenvalue weighted by Gasteiger charge is -2.38. The topological polar surface area (TPSA) is 73.0 Å². The Morgan fingerprint density at radius 2 is 1.54 bits per heavy atom. The van der Waals surface area contributed by atoms with Crippen LogP contribution in [0.4, 0.5) is 11.4 Å². The highest BCUT2D eigenvalue weighted by molar-refractivity contribution is 6.02. The summed E-state index contributed by atoms with van der Waals surface area (Å²) in [5.41, 5.74) is 3.17. The van der Waals surface area contributed by atoms with Gasteiger partial charge in [-0.1, -0.05) is 49.6 Å². The van der Waals surface area contributed by atoms with Crippen molar-refractivity contribution in [1.82, 2.24) is 9.80 Å². The van der Waals surface area contributed by atoms with Crippen LogP contribution in [0.15, 0.2) is 48.5 Å². The number of hydrogen-bond donors (Lipinski definition) is 1. The van der Waals surface area contributed by atoms with E-state index in [2.05, 4.69) is 10.2 Å². The summed E-state index contributed by atoms with van der Waals surface area (Å²) in [5.74, 6) is 0.515. The second-order valence-corrected chi connectivity index (χ2v) is 10.8. The first-order chi connectivity index (χ1) is 18.0. The van der Waals surface area contributed by atoms with Crippen LogP contribution in [0.2, 0.25) is 0 Å². The molecule has 0 radical (unpaired) electrons. The highest BCUT2D eigenvalue weighted by Gasteiger charge is 2.31. The Bertz CT molecular complexity index is 1120. The molecule has 0 aromatic heterocycles. The third kappa shape index (κ3) is 5.81. The molecule has 0 unspecified atom stereocenters. The molecule has 2 saturated carbocycles. The molecule has 2 aromatic rings. The number of benzene rings is 2. The summed E-state index contributed by atoms with van der Waals surface area (Å²) >= 11 is 0. The van der Waals surface area contributed by atoms with Crippen molar-refractivity contribution in [3.63, 3.8) is 0 Å². The van der Waals surface area contributed by atoms with Crippen molar-refractivity contribution >= 4 is 29.1 Å². The molecule has 5 rings (SSSR count). The number of amides is 3. The fourth-order valence-corrected chi connectivity index (χ4v) is 5.71. The van der Waals surface area contributed by atoms with E-state index in [0.29, 0.717) is 49.9 Å². The number of hydrogen-bond acceptors (Lipinski definition) is 4. The van der Waals surface area contributed by atoms with E-state index in [4.69, 9.17) is 0 Å². The fourth-order valence-electron chi connectivity index (χ4n) is 5.71. The van der Waals surface area contributed by atoms with Crippen molar-refractivity contribution in [2.45, 2.75) is 51.5 Å². The number of rotatable bonds is 7. The van der Waals surface area contributed by atoms with Gasteiger partial charge in [0.15, 0.2) is 0 Å². The monoisotopic (exact) mass is 502 g/mol. The first-order valence-electron chi connectivity index (χ1n) is 13.8. The molecule has 0 atom stereocenters. The van der Waals surface area contributed by atoms with Crippen LogP contribution in [0, 0.1) is 11.8 Å². The van der Waals surface area contributed by atoms with Crippen molar-refractivity contribution in [3.05, 3.63) is 59.7 Å². The van der Waals surface area contributed by atoms with Gasteiger partial charge in [-0.05, 0) is 49.4 Å². The standard InChI is InChI=1S/C30H38N4O3/c1-32(21-22-8-3-2-4-9-22)30(37)26-20-25(31-28(35)23-12-7-13-23)14-15-27(26)33-16-18-34(19-17-33)29(36)24-10-5-6-11-24/h2-4,8-9,14-15,20,23-24H,5-7,10-13,16-19,21H2,1H3,(H,31,35). The molecule has 7 nitrogen and oxygen atoms in total. The molecule has 1 saturated heterocycles. The van der Waals surface area contributed by atoms with E-state index < -0.39 is 0 Å². The van der Waals surface area contributed by atoms with Gasteiger partial charge < -0.3 is 20.0 Å². The molecule has 196 valence electrons. The normalized spacial score (nSPS) is 18.4. The second-order valence-electron chi connectivity index (χ2n) is 10.8. The number of piperazine rings is 1. The van der Waals surface area contributed by atoms with Crippen LogP contribution < -0.4 is 10.2 Å². The van der Waals surface area contributed by atoms with Gasteiger partial charge in [-0.3, -0.25) is 14.4 Å². The summed E-state index contributed by atoms with van der Waals surface area (Å²) in [6.45, 7) is 3.22. The van der Waals surface area contributed by atoms with Crippen LogP contribution in [-0.2, 0) is 16.1 Å². The highest BCUT2D eigenvalue weighted by atomic mass is 16.2. The maximum Gasteiger partial charge on any atom is 0.256 e. The summed E-state index contributed by atoms with van der Waals surface area (Å²) < 4.78 is 0. The summed E-state index contributed by atoms with van der Waals surface area (Å²) in [7, 11) is 1.82. The van der Waals surface area contributed by atoms with E-state index >= 15 is 0 Å². The maximum atomic E-state index is 13.7. The third-order valence-corrected chi connectivity index (χ3v) is 8.22. The van der Waals surface area contributed by atoms with Crippen LogP contribution in [0.3, 0.4) is 0 Å². The summed E-state index contributed by atoms with van der Waals surface area (Å²) in [6.07, 6.45) is 7.29. The van der Waals surface area contributed by atoms with E-state index in [1.165, 1.54) is 0 Å². The Kier molecular flexibility index (Phi) is 7.77. The number of nitrogens with one attached hydrogen (secondary N) is 1. The van der Waals surface area contributed by atoms with E-state index in [9.17, 15) is 14.4 Å². The number of carbonyl (C=O) groups excluding carboxylic acids is 3. The molecule has 1 heterocycles. The smallest absolute Gasteiger partial charge is 0.256 e. The fraction of sp³-hybridized carbons (Fsp3) is 0.500. The molecular formula is C30H38N4O3. The quantitative estimate of drug-likeness (QED) is 0.604. The van der Waals surface area contributed by atoms with Crippen LogP contribution in [-0.4, -0.2) is 60.7 Å². The van der Waals surface area contributed by atoms with Crippen LogP contribution in [0.1, 0.15) is 60.9 Å². The van der Waals surface area contributed by atoms with Crippen LogP contribution in [0.5, 0.6) is 0 Å². The van der Waals surface area contributed by atoms with Crippen molar-refractivity contribution < 1.29 is 14.4 Å². The Labute approximate surface area is 219 Å². The van der Waals surface area contributed by atoms with E-state index in [0.717, 1.165) is 56.2 Å². The highest BCUT2D eigenvalue weighted by Crippen LogP contribution is 2.31. The molecule has 0 bridgehead atoms. The molecule has 3 fully saturated rings. The van der Waals surface area contributed by atoms with E-state index in [-0.39, 0.29) is 23.7 Å². The zero-order chi connectivity index (χ0) is 25.8. The van der Waals surface area contributed by atoms with Crippen molar-refractivity contribution in [2.24, 2.45) is 11.8 Å². The Hall–Kier alpha value is -3.35. The Morgan fingerprint density at radius 1 is 0.865 bits per heavy atom. The van der Waals surface area contributed by atoms with Crippen molar-refractivity contribution in [3.8, 4) is 0 Å². The first kappa shape index (κ1) is 25.3. The average Bonchev–Trinajstić information content (AvgIpc) is 3.42. The zero-order valence-corrected chi connectivity index (χ0v) is 21.8. The van der Waals surface area contributed by atoms with Gasteiger partial charge >= 0.3 is 0 Å². The van der Waals surface area contributed by atoms with Gasteiger partial charge in [0, 0.05) is 63.0 Å². The summed E-state index contributed by atoms with van der Waals surface area (Å²) in [5, 5.41) is 3.03. The second kappa shape index (κ2) is 11.4. The summed E-state index contributed by atoms with van der Waals surface area (Å²) in [4.78, 5) is 45.2. The lowest BCUT2D eigenvalue weighted by Crippen LogP contribution is -2.50. The lowest BCUT2D eigenvalue weighted by molar-refractivity contribution is -0.135. The van der Waals surface area contributed by atoms with E-state index in [1.54, 1.807) is 4.90 Å². The molecule has 3 aliphatic rings. The van der Waals surface area contributed by atoms with Gasteiger partial charge in [-0.15, -0.1) is 0 Å². The molecule has 2 aliphatic carbocycles. The predicted molar refractivity (Wildman–Crippen MR) is 145 cm³/mol.